The Morgan fingerprint density at radius 1 is 1.50 bits per heavy atom. The summed E-state index contributed by atoms with van der Waals surface area (Å²) in [6, 6.07) is 3.58. The van der Waals surface area contributed by atoms with Crippen LogP contribution >= 0.6 is 11.6 Å². The van der Waals surface area contributed by atoms with E-state index < -0.39 is 24.0 Å². The molecule has 0 aliphatic carbocycles. The predicted octanol–water partition coefficient (Wildman–Crippen LogP) is 1.83. The van der Waals surface area contributed by atoms with Gasteiger partial charge in [-0.1, -0.05) is 17.7 Å². The van der Waals surface area contributed by atoms with E-state index in [2.05, 4.69) is 4.74 Å². The molecule has 0 bridgehead atoms. The highest BCUT2D eigenvalue weighted by Gasteiger charge is 2.22. The van der Waals surface area contributed by atoms with E-state index in [1.165, 1.54) is 12.1 Å². The summed E-state index contributed by atoms with van der Waals surface area (Å²) in [5.74, 6) is -1.23. The fraction of sp³-hybridized carbons (Fsp3) is 0.417. The van der Waals surface area contributed by atoms with E-state index in [9.17, 15) is 19.4 Å². The Hall–Kier alpha value is -1.17. The van der Waals surface area contributed by atoms with Gasteiger partial charge in [0.2, 0.25) is 0 Å². The number of halogens is 2. The maximum absolute atomic E-state index is 12.9. The van der Waals surface area contributed by atoms with Crippen molar-refractivity contribution in [1.82, 2.24) is 0 Å². The standard InChI is InChI=1S/C12H14ClFO4/c1-2-18-11(16)6-10(15)12(17)7-3-4-9(14)8(13)5-7/h3-5,10,12,15,17H,2,6H2,1H3. The van der Waals surface area contributed by atoms with Gasteiger partial charge in [0, 0.05) is 0 Å². The van der Waals surface area contributed by atoms with Gasteiger partial charge < -0.3 is 14.9 Å². The summed E-state index contributed by atoms with van der Waals surface area (Å²) in [7, 11) is 0. The molecule has 2 N–H and O–H groups in total. The van der Waals surface area contributed by atoms with Crippen molar-refractivity contribution < 1.29 is 24.1 Å². The molecule has 0 aliphatic heterocycles. The van der Waals surface area contributed by atoms with Gasteiger partial charge >= 0.3 is 5.97 Å². The second kappa shape index (κ2) is 6.68. The Kier molecular flexibility index (Phi) is 5.53. The lowest BCUT2D eigenvalue weighted by molar-refractivity contribution is -0.147. The number of carbonyl (C=O) groups excluding carboxylic acids is 1. The van der Waals surface area contributed by atoms with Gasteiger partial charge in [-0.3, -0.25) is 4.79 Å². The molecule has 100 valence electrons. The third kappa shape index (κ3) is 3.94. The minimum absolute atomic E-state index is 0.158. The smallest absolute Gasteiger partial charge is 0.308 e. The Morgan fingerprint density at radius 2 is 2.17 bits per heavy atom. The molecule has 1 aromatic rings. The second-order valence-corrected chi connectivity index (χ2v) is 4.10. The fourth-order valence-corrected chi connectivity index (χ4v) is 1.61. The zero-order chi connectivity index (χ0) is 13.7. The first-order chi connectivity index (χ1) is 8.45. The number of ether oxygens (including phenoxy) is 1. The molecule has 0 aliphatic rings. The SMILES string of the molecule is CCOC(=O)CC(O)C(O)c1ccc(F)c(Cl)c1. The van der Waals surface area contributed by atoms with Gasteiger partial charge in [0.15, 0.2) is 0 Å². The number of rotatable bonds is 5. The molecule has 0 spiro atoms. The molecule has 0 fully saturated rings. The highest BCUT2D eigenvalue weighted by molar-refractivity contribution is 6.30. The fourth-order valence-electron chi connectivity index (χ4n) is 1.42. The zero-order valence-corrected chi connectivity index (χ0v) is 10.5. The predicted molar refractivity (Wildman–Crippen MR) is 63.6 cm³/mol. The van der Waals surface area contributed by atoms with Crippen LogP contribution in [0.4, 0.5) is 4.39 Å². The van der Waals surface area contributed by atoms with Crippen molar-refractivity contribution in [2.24, 2.45) is 0 Å². The van der Waals surface area contributed by atoms with E-state index in [1.807, 2.05) is 0 Å². The van der Waals surface area contributed by atoms with Gasteiger partial charge in [0.1, 0.15) is 11.9 Å². The normalized spacial score (nSPS) is 14.1. The van der Waals surface area contributed by atoms with Crippen molar-refractivity contribution in [3.05, 3.63) is 34.6 Å². The van der Waals surface area contributed by atoms with Gasteiger partial charge in [-0.25, -0.2) is 4.39 Å². The molecule has 1 rings (SSSR count). The first-order valence-electron chi connectivity index (χ1n) is 5.42. The quantitative estimate of drug-likeness (QED) is 0.805. The van der Waals surface area contributed by atoms with E-state index >= 15 is 0 Å². The number of aliphatic hydroxyl groups is 2. The molecule has 18 heavy (non-hydrogen) atoms. The van der Waals surface area contributed by atoms with E-state index in [1.54, 1.807) is 6.92 Å². The highest BCUT2D eigenvalue weighted by atomic mass is 35.5. The summed E-state index contributed by atoms with van der Waals surface area (Å²) < 4.78 is 17.6. The Labute approximate surface area is 109 Å². The molecular formula is C12H14ClFO4. The number of hydrogen-bond donors (Lipinski definition) is 2. The average Bonchev–Trinajstić information content (AvgIpc) is 2.32. The molecule has 6 heteroatoms. The molecule has 0 saturated carbocycles. The van der Waals surface area contributed by atoms with Crippen LogP contribution in [-0.2, 0) is 9.53 Å². The maximum atomic E-state index is 12.9. The molecule has 1 aromatic carbocycles. The summed E-state index contributed by atoms with van der Waals surface area (Å²) >= 11 is 5.56. The van der Waals surface area contributed by atoms with Crippen LogP contribution in [-0.4, -0.2) is 28.9 Å². The summed E-state index contributed by atoms with van der Waals surface area (Å²) in [5.41, 5.74) is 0.234. The van der Waals surface area contributed by atoms with Crippen molar-refractivity contribution in [3.63, 3.8) is 0 Å². The Morgan fingerprint density at radius 3 is 2.72 bits per heavy atom. The van der Waals surface area contributed by atoms with Gasteiger partial charge in [0.05, 0.1) is 24.2 Å². The number of hydrogen-bond acceptors (Lipinski definition) is 4. The maximum Gasteiger partial charge on any atom is 0.308 e. The average molecular weight is 277 g/mol. The van der Waals surface area contributed by atoms with Crippen molar-refractivity contribution >= 4 is 17.6 Å². The zero-order valence-electron chi connectivity index (χ0n) is 9.77. The molecule has 2 atom stereocenters. The molecule has 4 nitrogen and oxygen atoms in total. The minimum Gasteiger partial charge on any atom is -0.466 e. The van der Waals surface area contributed by atoms with Crippen LogP contribution in [0.25, 0.3) is 0 Å². The van der Waals surface area contributed by atoms with Gasteiger partial charge in [-0.05, 0) is 24.6 Å². The lowest BCUT2D eigenvalue weighted by Gasteiger charge is -2.17. The van der Waals surface area contributed by atoms with Crippen LogP contribution in [0.15, 0.2) is 18.2 Å². The van der Waals surface area contributed by atoms with Gasteiger partial charge in [0.25, 0.3) is 0 Å². The largest absolute Gasteiger partial charge is 0.466 e. The van der Waals surface area contributed by atoms with Crippen molar-refractivity contribution in [3.8, 4) is 0 Å². The number of esters is 1. The molecule has 0 aromatic heterocycles. The van der Waals surface area contributed by atoms with Gasteiger partial charge in [-0.15, -0.1) is 0 Å². The van der Waals surface area contributed by atoms with E-state index in [4.69, 9.17) is 11.6 Å². The molecule has 0 amide bonds. The lowest BCUT2D eigenvalue weighted by atomic mass is 10.0. The number of carbonyl (C=O) groups is 1. The van der Waals surface area contributed by atoms with Crippen LogP contribution < -0.4 is 0 Å². The molecular weight excluding hydrogens is 263 g/mol. The second-order valence-electron chi connectivity index (χ2n) is 3.69. The highest BCUT2D eigenvalue weighted by Crippen LogP contribution is 2.24. The molecule has 0 heterocycles. The first kappa shape index (κ1) is 14.9. The monoisotopic (exact) mass is 276 g/mol. The summed E-state index contributed by atoms with van der Waals surface area (Å²) in [6.45, 7) is 1.84. The van der Waals surface area contributed by atoms with Crippen molar-refractivity contribution in [2.75, 3.05) is 6.61 Å². The number of benzene rings is 1. The summed E-state index contributed by atoms with van der Waals surface area (Å²) in [4.78, 5) is 11.1. The van der Waals surface area contributed by atoms with E-state index in [-0.39, 0.29) is 23.6 Å². The van der Waals surface area contributed by atoms with Crippen molar-refractivity contribution in [1.29, 1.82) is 0 Å². The lowest BCUT2D eigenvalue weighted by Crippen LogP contribution is -2.23. The first-order valence-corrected chi connectivity index (χ1v) is 5.80. The number of aliphatic hydroxyl groups excluding tert-OH is 2. The minimum atomic E-state index is -1.33. The van der Waals surface area contributed by atoms with E-state index in [0.717, 1.165) is 6.07 Å². The molecule has 2 unspecified atom stereocenters. The van der Waals surface area contributed by atoms with Crippen LogP contribution in [0.1, 0.15) is 25.0 Å². The van der Waals surface area contributed by atoms with Crippen LogP contribution in [0, 0.1) is 5.82 Å². The van der Waals surface area contributed by atoms with Crippen molar-refractivity contribution in [2.45, 2.75) is 25.6 Å². The van der Waals surface area contributed by atoms with E-state index in [0.29, 0.717) is 0 Å². The Balaban J connectivity index is 2.70. The third-order valence-corrected chi connectivity index (χ3v) is 2.62. The van der Waals surface area contributed by atoms with Gasteiger partial charge in [-0.2, -0.15) is 0 Å². The summed E-state index contributed by atoms with van der Waals surface area (Å²) in [6.07, 6.45) is -3.00. The third-order valence-electron chi connectivity index (χ3n) is 2.33. The summed E-state index contributed by atoms with van der Waals surface area (Å²) in [5, 5.41) is 19.3. The van der Waals surface area contributed by atoms with Crippen LogP contribution in [0.5, 0.6) is 0 Å². The molecule has 0 radical (unpaired) electrons. The van der Waals surface area contributed by atoms with Crippen LogP contribution in [0.3, 0.4) is 0 Å². The molecule has 0 saturated heterocycles. The van der Waals surface area contributed by atoms with Crippen LogP contribution in [0.2, 0.25) is 5.02 Å². The topological polar surface area (TPSA) is 66.8 Å². The Bertz CT molecular complexity index is 425.